The highest BCUT2D eigenvalue weighted by molar-refractivity contribution is 9.10. The average molecular weight is 355 g/mol. The summed E-state index contributed by atoms with van der Waals surface area (Å²) in [6, 6.07) is 3.40. The number of halogens is 1. The molecule has 2 rings (SSSR count). The first-order chi connectivity index (χ1) is 10.0. The number of rotatable bonds is 5. The number of nitrogens with one attached hydrogen (secondary N) is 1. The summed E-state index contributed by atoms with van der Waals surface area (Å²) in [6.45, 7) is 0.399. The Bertz CT molecular complexity index is 510. The van der Waals surface area contributed by atoms with Gasteiger partial charge in [-0.1, -0.05) is 19.3 Å². The van der Waals surface area contributed by atoms with Gasteiger partial charge in [0, 0.05) is 17.2 Å². The number of aromatic nitrogens is 1. The Labute approximate surface area is 132 Å². The zero-order chi connectivity index (χ0) is 15.3. The molecule has 1 amide bonds. The van der Waals surface area contributed by atoms with Crippen molar-refractivity contribution in [2.45, 2.75) is 38.5 Å². The Kier molecular flexibility index (Phi) is 5.33. The number of carboxylic acid groups (broad SMARTS) is 1. The zero-order valence-electron chi connectivity index (χ0n) is 11.8. The molecule has 0 spiro atoms. The molecule has 0 unspecified atom stereocenters. The predicted octanol–water partition coefficient (Wildman–Crippen LogP) is 3.00. The minimum atomic E-state index is -0.798. The van der Waals surface area contributed by atoms with Gasteiger partial charge in [-0.3, -0.25) is 9.59 Å². The fourth-order valence-corrected chi connectivity index (χ4v) is 3.14. The summed E-state index contributed by atoms with van der Waals surface area (Å²) in [5.74, 6) is -1.05. The molecule has 6 heteroatoms. The third kappa shape index (κ3) is 4.52. The summed E-state index contributed by atoms with van der Waals surface area (Å²) in [5, 5.41) is 12.0. The fraction of sp³-hybridized carbons (Fsp3) is 0.533. The highest BCUT2D eigenvalue weighted by Gasteiger charge is 2.34. The minimum absolute atomic E-state index is 0.112. The Hall–Kier alpha value is -1.43. The zero-order valence-corrected chi connectivity index (χ0v) is 13.4. The molecule has 1 aromatic rings. The molecule has 21 heavy (non-hydrogen) atoms. The highest BCUT2D eigenvalue weighted by Crippen LogP contribution is 2.38. The minimum Gasteiger partial charge on any atom is -0.481 e. The van der Waals surface area contributed by atoms with E-state index in [4.69, 9.17) is 5.11 Å². The molecule has 1 saturated carbocycles. The van der Waals surface area contributed by atoms with E-state index < -0.39 is 5.97 Å². The maximum Gasteiger partial charge on any atom is 0.303 e. The van der Waals surface area contributed by atoms with Crippen molar-refractivity contribution in [2.24, 2.45) is 5.41 Å². The number of pyridine rings is 1. The van der Waals surface area contributed by atoms with Gasteiger partial charge in [-0.05, 0) is 46.3 Å². The van der Waals surface area contributed by atoms with Crippen molar-refractivity contribution < 1.29 is 14.7 Å². The van der Waals surface area contributed by atoms with Gasteiger partial charge in [0.25, 0.3) is 5.91 Å². The van der Waals surface area contributed by atoms with Crippen LogP contribution in [0.15, 0.2) is 22.8 Å². The molecular formula is C15H19BrN2O3. The number of carbonyl (C=O) groups excluding carboxylic acids is 1. The largest absolute Gasteiger partial charge is 0.481 e. The lowest BCUT2D eigenvalue weighted by atomic mass is 9.71. The molecule has 1 fully saturated rings. The average Bonchev–Trinajstić information content (AvgIpc) is 2.46. The Balaban J connectivity index is 1.99. The van der Waals surface area contributed by atoms with E-state index in [2.05, 4.69) is 26.2 Å². The number of aliphatic carboxylic acids is 1. The number of carbonyl (C=O) groups is 2. The van der Waals surface area contributed by atoms with Crippen LogP contribution < -0.4 is 5.32 Å². The molecule has 2 N–H and O–H groups in total. The number of carboxylic acids is 1. The topological polar surface area (TPSA) is 79.3 Å². The van der Waals surface area contributed by atoms with Crippen LogP contribution in [-0.4, -0.2) is 28.5 Å². The lowest BCUT2D eigenvalue weighted by molar-refractivity contribution is -0.140. The number of hydrogen-bond acceptors (Lipinski definition) is 3. The van der Waals surface area contributed by atoms with Crippen molar-refractivity contribution in [1.29, 1.82) is 0 Å². The van der Waals surface area contributed by atoms with Gasteiger partial charge in [0.1, 0.15) is 5.69 Å². The van der Waals surface area contributed by atoms with Gasteiger partial charge in [0.05, 0.1) is 6.42 Å². The van der Waals surface area contributed by atoms with Gasteiger partial charge in [0.2, 0.25) is 0 Å². The summed E-state index contributed by atoms with van der Waals surface area (Å²) in [6.07, 6.45) is 6.59. The van der Waals surface area contributed by atoms with Gasteiger partial charge < -0.3 is 10.4 Å². The molecule has 1 aromatic heterocycles. The van der Waals surface area contributed by atoms with Crippen LogP contribution in [0.5, 0.6) is 0 Å². The molecule has 114 valence electrons. The van der Waals surface area contributed by atoms with Gasteiger partial charge in [-0.25, -0.2) is 4.98 Å². The number of nitrogens with zero attached hydrogens (tertiary/aromatic N) is 1. The summed E-state index contributed by atoms with van der Waals surface area (Å²) in [5.41, 5.74) is 0.0363. The van der Waals surface area contributed by atoms with Crippen molar-refractivity contribution in [3.05, 3.63) is 28.5 Å². The van der Waals surface area contributed by atoms with Crippen LogP contribution in [0.2, 0.25) is 0 Å². The normalized spacial score (nSPS) is 17.2. The first kappa shape index (κ1) is 15.9. The standard InChI is InChI=1S/C15H19BrN2O3/c16-11-4-5-12(17-9-11)14(21)18-10-15(8-13(19)20)6-2-1-3-7-15/h4-5,9H,1-3,6-8,10H2,(H,18,21)(H,19,20). The third-order valence-electron chi connectivity index (χ3n) is 4.02. The van der Waals surface area contributed by atoms with E-state index in [1.54, 1.807) is 18.3 Å². The van der Waals surface area contributed by atoms with Crippen LogP contribution in [0.25, 0.3) is 0 Å². The van der Waals surface area contributed by atoms with Crippen molar-refractivity contribution in [1.82, 2.24) is 10.3 Å². The van der Waals surface area contributed by atoms with E-state index in [9.17, 15) is 9.59 Å². The molecule has 0 bridgehead atoms. The maximum absolute atomic E-state index is 12.1. The Morgan fingerprint density at radius 2 is 2.00 bits per heavy atom. The Morgan fingerprint density at radius 3 is 2.57 bits per heavy atom. The van der Waals surface area contributed by atoms with Crippen LogP contribution in [0, 0.1) is 5.41 Å². The molecule has 5 nitrogen and oxygen atoms in total. The molecule has 0 aliphatic heterocycles. The van der Waals surface area contributed by atoms with Crippen LogP contribution >= 0.6 is 15.9 Å². The summed E-state index contributed by atoms with van der Waals surface area (Å²) in [7, 11) is 0. The first-order valence-corrected chi connectivity index (χ1v) is 7.92. The summed E-state index contributed by atoms with van der Waals surface area (Å²) < 4.78 is 0.814. The van der Waals surface area contributed by atoms with E-state index in [-0.39, 0.29) is 17.7 Å². The fourth-order valence-electron chi connectivity index (χ4n) is 2.91. The lowest BCUT2D eigenvalue weighted by Gasteiger charge is -2.36. The summed E-state index contributed by atoms with van der Waals surface area (Å²) >= 11 is 3.27. The van der Waals surface area contributed by atoms with Crippen molar-refractivity contribution in [3.63, 3.8) is 0 Å². The number of hydrogen-bond donors (Lipinski definition) is 2. The van der Waals surface area contributed by atoms with Crippen LogP contribution in [0.3, 0.4) is 0 Å². The van der Waals surface area contributed by atoms with E-state index >= 15 is 0 Å². The monoisotopic (exact) mass is 354 g/mol. The SMILES string of the molecule is O=C(O)CC1(CNC(=O)c2ccc(Br)cn2)CCCCC1. The van der Waals surface area contributed by atoms with Crippen LogP contribution in [0.1, 0.15) is 49.0 Å². The smallest absolute Gasteiger partial charge is 0.303 e. The van der Waals surface area contributed by atoms with Gasteiger partial charge in [-0.15, -0.1) is 0 Å². The van der Waals surface area contributed by atoms with Gasteiger partial charge >= 0.3 is 5.97 Å². The third-order valence-corrected chi connectivity index (χ3v) is 4.49. The molecule has 0 radical (unpaired) electrons. The van der Waals surface area contributed by atoms with Crippen molar-refractivity contribution >= 4 is 27.8 Å². The second kappa shape index (κ2) is 7.02. The number of amides is 1. The van der Waals surface area contributed by atoms with E-state index in [1.165, 1.54) is 0 Å². The maximum atomic E-state index is 12.1. The molecule has 0 saturated heterocycles. The molecule has 1 heterocycles. The van der Waals surface area contributed by atoms with Crippen molar-refractivity contribution in [2.75, 3.05) is 6.54 Å². The van der Waals surface area contributed by atoms with E-state index in [0.29, 0.717) is 12.2 Å². The first-order valence-electron chi connectivity index (χ1n) is 7.12. The molecule has 1 aliphatic rings. The van der Waals surface area contributed by atoms with Crippen molar-refractivity contribution in [3.8, 4) is 0 Å². The van der Waals surface area contributed by atoms with E-state index in [1.807, 2.05) is 0 Å². The molecular weight excluding hydrogens is 336 g/mol. The second-order valence-corrected chi connectivity index (χ2v) is 6.59. The predicted molar refractivity (Wildman–Crippen MR) is 82.0 cm³/mol. The molecule has 0 atom stereocenters. The van der Waals surface area contributed by atoms with E-state index in [0.717, 1.165) is 36.6 Å². The lowest BCUT2D eigenvalue weighted by Crippen LogP contribution is -2.40. The van der Waals surface area contributed by atoms with Crippen LogP contribution in [0.4, 0.5) is 0 Å². The van der Waals surface area contributed by atoms with Gasteiger partial charge in [-0.2, -0.15) is 0 Å². The highest BCUT2D eigenvalue weighted by atomic mass is 79.9. The summed E-state index contributed by atoms with van der Waals surface area (Å²) in [4.78, 5) is 27.2. The van der Waals surface area contributed by atoms with Crippen LogP contribution in [-0.2, 0) is 4.79 Å². The molecule has 0 aromatic carbocycles. The Morgan fingerprint density at radius 1 is 1.29 bits per heavy atom. The second-order valence-electron chi connectivity index (χ2n) is 5.68. The molecule has 1 aliphatic carbocycles. The quantitative estimate of drug-likeness (QED) is 0.851. The van der Waals surface area contributed by atoms with Gasteiger partial charge in [0.15, 0.2) is 0 Å².